The Kier molecular flexibility index (Phi) is 5.12. The summed E-state index contributed by atoms with van der Waals surface area (Å²) in [5.74, 6) is 0. The molecule has 140 valence electrons. The second kappa shape index (κ2) is 7.17. The third-order valence-corrected chi connectivity index (χ3v) is 6.06. The van der Waals surface area contributed by atoms with Crippen LogP contribution in [0, 0.1) is 17.0 Å². The van der Waals surface area contributed by atoms with Gasteiger partial charge in [-0.3, -0.25) is 10.1 Å². The molecule has 0 atom stereocenters. The first-order chi connectivity index (χ1) is 12.2. The molecule has 0 bridgehead atoms. The Hall–Kier alpha value is -2.24. The Balaban J connectivity index is 1.73. The maximum atomic E-state index is 11.4. The smallest absolute Gasteiger partial charge is 0.293 e. The summed E-state index contributed by atoms with van der Waals surface area (Å²) in [6.45, 7) is 3.18. The number of nitro benzene ring substituents is 1. The quantitative estimate of drug-likeness (QED) is 0.583. The number of rotatable bonds is 5. The number of hydrogen-bond donors (Lipinski definition) is 2. The number of nitro groups is 1. The second-order valence-corrected chi connectivity index (χ2v) is 8.57. The normalized spacial score (nSPS) is 15.8. The summed E-state index contributed by atoms with van der Waals surface area (Å²) in [4.78, 5) is 16.8. The van der Waals surface area contributed by atoms with Crippen LogP contribution in [-0.2, 0) is 10.0 Å². The molecule has 0 unspecified atom stereocenters. The number of nitrogens with one attached hydrogen (secondary N) is 1. The lowest BCUT2D eigenvalue weighted by Gasteiger charge is -2.33. The number of aromatic nitrogens is 1. The van der Waals surface area contributed by atoms with E-state index in [1.165, 1.54) is 12.1 Å². The molecule has 0 radical (unpaired) electrons. The van der Waals surface area contributed by atoms with Crippen LogP contribution in [0.1, 0.15) is 18.5 Å². The van der Waals surface area contributed by atoms with Crippen LogP contribution >= 0.6 is 11.3 Å². The van der Waals surface area contributed by atoms with Crippen LogP contribution in [0.4, 0.5) is 16.5 Å². The van der Waals surface area contributed by atoms with Crippen molar-refractivity contribution in [1.82, 2.24) is 4.98 Å². The van der Waals surface area contributed by atoms with Gasteiger partial charge >= 0.3 is 0 Å². The lowest BCUT2D eigenvalue weighted by Crippen LogP contribution is -2.39. The van der Waals surface area contributed by atoms with Gasteiger partial charge in [-0.15, -0.1) is 11.3 Å². The fourth-order valence-electron chi connectivity index (χ4n) is 2.95. The van der Waals surface area contributed by atoms with Crippen molar-refractivity contribution in [3.05, 3.63) is 39.4 Å². The van der Waals surface area contributed by atoms with E-state index in [0.717, 1.165) is 29.7 Å². The molecule has 0 amide bonds. The predicted octanol–water partition coefficient (Wildman–Crippen LogP) is 2.09. The van der Waals surface area contributed by atoms with Crippen molar-refractivity contribution in [2.75, 3.05) is 23.3 Å². The summed E-state index contributed by atoms with van der Waals surface area (Å²) in [7, 11) is -3.99. The topological polar surface area (TPSA) is 131 Å². The summed E-state index contributed by atoms with van der Waals surface area (Å²) >= 11 is 1.56. The molecule has 2 aromatic rings. The van der Waals surface area contributed by atoms with E-state index in [9.17, 15) is 18.5 Å². The van der Waals surface area contributed by atoms with Gasteiger partial charge in [0.15, 0.2) is 5.13 Å². The maximum Gasteiger partial charge on any atom is 0.293 e. The fraction of sp³-hybridized carbons (Fsp3) is 0.400. The molecular weight excluding hydrogens is 378 g/mol. The van der Waals surface area contributed by atoms with Crippen LogP contribution in [0.3, 0.4) is 0 Å². The molecule has 1 aromatic heterocycles. The monoisotopic (exact) mass is 397 g/mol. The van der Waals surface area contributed by atoms with Gasteiger partial charge in [0, 0.05) is 30.6 Å². The van der Waals surface area contributed by atoms with Crippen LogP contribution < -0.4 is 15.4 Å². The van der Waals surface area contributed by atoms with Gasteiger partial charge in [-0.1, -0.05) is 0 Å². The highest BCUT2D eigenvalue weighted by atomic mass is 32.2. The van der Waals surface area contributed by atoms with E-state index in [0.29, 0.717) is 18.8 Å². The van der Waals surface area contributed by atoms with Gasteiger partial charge < -0.3 is 10.2 Å². The molecule has 1 fully saturated rings. The van der Waals surface area contributed by atoms with Crippen LogP contribution in [0.2, 0.25) is 0 Å². The Morgan fingerprint density at radius 1 is 1.38 bits per heavy atom. The zero-order valence-electron chi connectivity index (χ0n) is 14.1. The van der Waals surface area contributed by atoms with Crippen LogP contribution in [0.25, 0.3) is 0 Å². The third kappa shape index (κ3) is 4.11. The van der Waals surface area contributed by atoms with Crippen molar-refractivity contribution in [1.29, 1.82) is 0 Å². The molecule has 2 heterocycles. The van der Waals surface area contributed by atoms with Crippen molar-refractivity contribution < 1.29 is 13.3 Å². The van der Waals surface area contributed by atoms with Crippen molar-refractivity contribution in [2.24, 2.45) is 5.14 Å². The minimum Gasteiger partial charge on any atom is -0.366 e. The lowest BCUT2D eigenvalue weighted by atomic mass is 10.0. The van der Waals surface area contributed by atoms with Crippen LogP contribution in [0.5, 0.6) is 0 Å². The molecule has 26 heavy (non-hydrogen) atoms. The van der Waals surface area contributed by atoms with Crippen molar-refractivity contribution in [3.8, 4) is 0 Å². The number of thiazole rings is 1. The molecule has 3 N–H and O–H groups in total. The molecule has 1 saturated heterocycles. The van der Waals surface area contributed by atoms with Gasteiger partial charge in [0.05, 0.1) is 15.5 Å². The number of piperidine rings is 1. The zero-order chi connectivity index (χ0) is 18.9. The van der Waals surface area contributed by atoms with Gasteiger partial charge in [0.2, 0.25) is 10.0 Å². The number of anilines is 2. The highest BCUT2D eigenvalue weighted by Gasteiger charge is 2.26. The third-order valence-electron chi connectivity index (χ3n) is 4.25. The molecule has 11 heteroatoms. The second-order valence-electron chi connectivity index (χ2n) is 6.15. The molecular formula is C15H19N5O4S2. The van der Waals surface area contributed by atoms with Gasteiger partial charge in [-0.25, -0.2) is 18.5 Å². The first kappa shape index (κ1) is 18.5. The molecule has 1 aromatic carbocycles. The molecule has 3 rings (SSSR count). The number of nitrogens with two attached hydrogens (primary N) is 1. The van der Waals surface area contributed by atoms with E-state index < -0.39 is 14.9 Å². The van der Waals surface area contributed by atoms with E-state index in [2.05, 4.69) is 10.3 Å². The first-order valence-corrected chi connectivity index (χ1v) is 10.4. The lowest BCUT2D eigenvalue weighted by molar-refractivity contribution is -0.384. The molecule has 9 nitrogen and oxygen atoms in total. The van der Waals surface area contributed by atoms with Gasteiger partial charge in [-0.2, -0.15) is 0 Å². The van der Waals surface area contributed by atoms with E-state index in [-0.39, 0.29) is 16.6 Å². The zero-order valence-corrected chi connectivity index (χ0v) is 15.7. The van der Waals surface area contributed by atoms with Crippen molar-refractivity contribution >= 4 is 37.9 Å². The fourth-order valence-corrected chi connectivity index (χ4v) is 4.25. The largest absolute Gasteiger partial charge is 0.366 e. The molecule has 1 aliphatic heterocycles. The average molecular weight is 397 g/mol. The van der Waals surface area contributed by atoms with E-state index in [4.69, 9.17) is 5.14 Å². The van der Waals surface area contributed by atoms with Crippen molar-refractivity contribution in [3.63, 3.8) is 0 Å². The number of hydrogen-bond acceptors (Lipinski definition) is 8. The Labute approximate surface area is 155 Å². The Morgan fingerprint density at radius 3 is 2.62 bits per heavy atom. The standard InChI is InChI=1S/C15H19N5O4S2/c1-10-9-25-15(17-10)18-11-4-6-19(7-5-11)13-3-2-12(26(16,23)24)8-14(13)20(21)22/h2-3,8-9,11H,4-7H2,1H3,(H,17,18)(H2,16,23,24). The van der Waals surface area contributed by atoms with E-state index >= 15 is 0 Å². The minimum absolute atomic E-state index is 0.250. The minimum atomic E-state index is -3.99. The molecule has 0 aliphatic carbocycles. The molecule has 1 aliphatic rings. The van der Waals surface area contributed by atoms with E-state index in [1.807, 2.05) is 17.2 Å². The highest BCUT2D eigenvalue weighted by Crippen LogP contribution is 2.32. The summed E-state index contributed by atoms with van der Waals surface area (Å²) in [6.07, 6.45) is 1.60. The predicted molar refractivity (Wildman–Crippen MR) is 100 cm³/mol. The van der Waals surface area contributed by atoms with E-state index in [1.54, 1.807) is 11.3 Å². The number of primary sulfonamides is 1. The molecule has 0 spiro atoms. The average Bonchev–Trinajstić information content (AvgIpc) is 2.99. The van der Waals surface area contributed by atoms with Crippen molar-refractivity contribution in [2.45, 2.75) is 30.7 Å². The summed E-state index contributed by atoms with van der Waals surface area (Å²) in [5.41, 5.74) is 1.13. The first-order valence-electron chi connectivity index (χ1n) is 7.99. The number of nitrogens with zero attached hydrogens (tertiary/aromatic N) is 3. The Bertz CT molecular complexity index is 920. The summed E-state index contributed by atoms with van der Waals surface area (Å²) in [5, 5.41) is 22.7. The van der Waals surface area contributed by atoms with Gasteiger partial charge in [0.25, 0.3) is 5.69 Å². The number of aryl methyl sites for hydroxylation is 1. The summed E-state index contributed by atoms with van der Waals surface area (Å²) < 4.78 is 22.9. The van der Waals surface area contributed by atoms with Gasteiger partial charge in [0.1, 0.15) is 5.69 Å². The summed E-state index contributed by atoms with van der Waals surface area (Å²) in [6, 6.07) is 4.03. The Morgan fingerprint density at radius 2 is 2.08 bits per heavy atom. The van der Waals surface area contributed by atoms with Crippen LogP contribution in [-0.4, -0.2) is 37.5 Å². The van der Waals surface area contributed by atoms with Crippen LogP contribution in [0.15, 0.2) is 28.5 Å². The highest BCUT2D eigenvalue weighted by molar-refractivity contribution is 7.89. The number of sulfonamides is 1. The van der Waals surface area contributed by atoms with Gasteiger partial charge in [-0.05, 0) is 31.9 Å². The number of benzene rings is 1. The SMILES string of the molecule is Cc1csc(NC2CCN(c3ccc(S(N)(=O)=O)cc3[N+](=O)[O-])CC2)n1. The molecule has 0 saturated carbocycles. The maximum absolute atomic E-state index is 11.4.